The van der Waals surface area contributed by atoms with Crippen molar-refractivity contribution in [2.24, 2.45) is 5.84 Å². The number of halogens is 2. The quantitative estimate of drug-likeness (QED) is 0.330. The van der Waals surface area contributed by atoms with Crippen LogP contribution in [0.5, 0.6) is 0 Å². The van der Waals surface area contributed by atoms with Gasteiger partial charge in [-0.3, -0.25) is 10.2 Å². The van der Waals surface area contributed by atoms with Gasteiger partial charge in [-0.2, -0.15) is 0 Å². The maximum absolute atomic E-state index is 13.2. The fourth-order valence-electron chi connectivity index (χ4n) is 1.30. The minimum absolute atomic E-state index is 0.0722. The number of hydrazine groups is 1. The van der Waals surface area contributed by atoms with Crippen LogP contribution in [0.2, 0.25) is 0 Å². The third-order valence-corrected chi connectivity index (χ3v) is 2.00. The van der Waals surface area contributed by atoms with Crippen LogP contribution in [0.25, 0.3) is 0 Å². The highest BCUT2D eigenvalue weighted by Gasteiger charge is 2.50. The van der Waals surface area contributed by atoms with Gasteiger partial charge in [0.15, 0.2) is 0 Å². The molecule has 0 radical (unpaired) electrons. The number of nitrogens with one attached hydrogen (secondary N) is 1. The summed E-state index contributed by atoms with van der Waals surface area (Å²) in [6.45, 7) is 0. The number of carbonyl (C=O) groups is 1. The molecule has 1 rings (SSSR count). The van der Waals surface area contributed by atoms with Crippen LogP contribution < -0.4 is 11.3 Å². The van der Waals surface area contributed by atoms with Gasteiger partial charge in [-0.05, 0) is 19.3 Å². The predicted molar refractivity (Wildman–Crippen MR) is 34.9 cm³/mol. The normalized spacial score (nSPS) is 37.2. The van der Waals surface area contributed by atoms with Crippen LogP contribution >= 0.6 is 0 Å². The molecule has 3 nitrogen and oxygen atoms in total. The Morgan fingerprint density at radius 3 is 2.73 bits per heavy atom. The van der Waals surface area contributed by atoms with Crippen LogP contribution in [0.3, 0.4) is 0 Å². The molecule has 1 saturated carbocycles. The molecule has 0 heterocycles. The Morgan fingerprint density at radius 1 is 1.73 bits per heavy atom. The van der Waals surface area contributed by atoms with E-state index >= 15 is 0 Å². The average molecular weight is 164 g/mol. The summed E-state index contributed by atoms with van der Waals surface area (Å²) in [5, 5.41) is 0. The lowest BCUT2D eigenvalue weighted by Crippen LogP contribution is -2.49. The van der Waals surface area contributed by atoms with Gasteiger partial charge < -0.3 is 0 Å². The van der Waals surface area contributed by atoms with Crippen LogP contribution in [0.15, 0.2) is 0 Å². The lowest BCUT2D eigenvalue weighted by Gasteiger charge is -2.18. The van der Waals surface area contributed by atoms with Crippen molar-refractivity contribution in [3.63, 3.8) is 0 Å². The molecular weight excluding hydrogens is 154 g/mol. The van der Waals surface area contributed by atoms with E-state index in [0.717, 1.165) is 0 Å². The Bertz CT molecular complexity index is 176. The summed E-state index contributed by atoms with van der Waals surface area (Å²) in [6, 6.07) is 0. The number of nitrogens with two attached hydrogens (primary N) is 1. The maximum atomic E-state index is 13.2. The molecule has 0 aromatic rings. The van der Waals surface area contributed by atoms with Crippen molar-refractivity contribution in [3.05, 3.63) is 0 Å². The molecule has 5 heteroatoms. The van der Waals surface area contributed by atoms with Crippen molar-refractivity contribution in [2.45, 2.75) is 31.1 Å². The zero-order valence-electron chi connectivity index (χ0n) is 5.94. The summed E-state index contributed by atoms with van der Waals surface area (Å²) in [6.07, 6.45) is -1.28. The first-order chi connectivity index (χ1) is 5.11. The highest BCUT2D eigenvalue weighted by atomic mass is 19.2. The largest absolute Gasteiger partial charge is 0.291 e. The zero-order valence-corrected chi connectivity index (χ0v) is 5.94. The molecule has 2 atom stereocenters. The monoisotopic (exact) mass is 164 g/mol. The third kappa shape index (κ3) is 1.20. The molecule has 0 saturated heterocycles. The van der Waals surface area contributed by atoms with E-state index in [-0.39, 0.29) is 12.8 Å². The number of rotatable bonds is 1. The summed E-state index contributed by atoms with van der Waals surface area (Å²) in [5.74, 6) is 3.64. The highest BCUT2D eigenvalue weighted by molar-refractivity contribution is 5.85. The number of hydrogen-bond acceptors (Lipinski definition) is 2. The molecule has 1 aliphatic rings. The molecule has 1 aliphatic carbocycles. The third-order valence-electron chi connectivity index (χ3n) is 2.00. The lowest BCUT2D eigenvalue weighted by molar-refractivity contribution is -0.135. The maximum Gasteiger partial charge on any atom is 0.274 e. The van der Waals surface area contributed by atoms with E-state index in [1.165, 1.54) is 0 Å². The summed E-state index contributed by atoms with van der Waals surface area (Å²) in [4.78, 5) is 10.7. The van der Waals surface area contributed by atoms with E-state index in [0.29, 0.717) is 6.42 Å². The number of carbonyl (C=O) groups excluding carboxylic acids is 1. The second-order valence-electron chi connectivity index (χ2n) is 2.70. The van der Waals surface area contributed by atoms with Crippen LogP contribution in [0.1, 0.15) is 19.3 Å². The molecule has 1 fully saturated rings. The van der Waals surface area contributed by atoms with Crippen molar-refractivity contribution in [3.8, 4) is 0 Å². The SMILES string of the molecule is NNC(=O)C1(F)CCCC1F. The van der Waals surface area contributed by atoms with Crippen molar-refractivity contribution < 1.29 is 13.6 Å². The van der Waals surface area contributed by atoms with Crippen molar-refractivity contribution in [1.29, 1.82) is 0 Å². The Kier molecular flexibility index (Phi) is 2.08. The first-order valence-corrected chi connectivity index (χ1v) is 3.45. The molecule has 11 heavy (non-hydrogen) atoms. The topological polar surface area (TPSA) is 55.1 Å². The van der Waals surface area contributed by atoms with E-state index in [2.05, 4.69) is 0 Å². The predicted octanol–water partition coefficient (Wildman–Crippen LogP) is 0.207. The van der Waals surface area contributed by atoms with Gasteiger partial charge in [0.05, 0.1) is 0 Å². The van der Waals surface area contributed by atoms with Gasteiger partial charge in [-0.1, -0.05) is 0 Å². The van der Waals surface area contributed by atoms with Crippen molar-refractivity contribution in [2.75, 3.05) is 0 Å². The van der Waals surface area contributed by atoms with Crippen molar-refractivity contribution >= 4 is 5.91 Å². The number of amides is 1. The van der Waals surface area contributed by atoms with E-state index in [4.69, 9.17) is 5.84 Å². The highest BCUT2D eigenvalue weighted by Crippen LogP contribution is 2.35. The fraction of sp³-hybridized carbons (Fsp3) is 0.833. The Labute approximate surface area is 62.9 Å². The molecule has 0 aromatic carbocycles. The van der Waals surface area contributed by atoms with Gasteiger partial charge in [0.2, 0.25) is 5.67 Å². The fourth-order valence-corrected chi connectivity index (χ4v) is 1.30. The molecule has 3 N–H and O–H groups in total. The van der Waals surface area contributed by atoms with Crippen LogP contribution in [-0.2, 0) is 4.79 Å². The first-order valence-electron chi connectivity index (χ1n) is 3.45. The summed E-state index contributed by atoms with van der Waals surface area (Å²) >= 11 is 0. The molecule has 2 unspecified atom stereocenters. The zero-order chi connectivity index (χ0) is 8.48. The molecular formula is C6H10F2N2O. The summed E-state index contributed by atoms with van der Waals surface area (Å²) < 4.78 is 26.0. The average Bonchev–Trinajstić information content (AvgIpc) is 2.32. The van der Waals surface area contributed by atoms with E-state index in [9.17, 15) is 13.6 Å². The standard InChI is InChI=1S/C6H10F2N2O/c7-4-2-1-3-6(4,8)5(11)10-9/h4H,1-3,9H2,(H,10,11). The van der Waals surface area contributed by atoms with Crippen LogP contribution in [-0.4, -0.2) is 17.7 Å². The first kappa shape index (κ1) is 8.39. The molecule has 0 aliphatic heterocycles. The Hall–Kier alpha value is -0.710. The smallest absolute Gasteiger partial charge is 0.274 e. The summed E-state index contributed by atoms with van der Waals surface area (Å²) in [7, 11) is 0. The minimum atomic E-state index is -2.38. The molecule has 0 aromatic heterocycles. The number of hydrogen-bond donors (Lipinski definition) is 2. The van der Waals surface area contributed by atoms with Crippen molar-refractivity contribution in [1.82, 2.24) is 5.43 Å². The van der Waals surface area contributed by atoms with Gasteiger partial charge >= 0.3 is 0 Å². The molecule has 0 bridgehead atoms. The van der Waals surface area contributed by atoms with E-state index in [1.807, 2.05) is 0 Å². The lowest BCUT2D eigenvalue weighted by atomic mass is 10.0. The van der Waals surface area contributed by atoms with Gasteiger partial charge in [0.25, 0.3) is 5.91 Å². The van der Waals surface area contributed by atoms with Gasteiger partial charge in [0, 0.05) is 0 Å². The Morgan fingerprint density at radius 2 is 2.36 bits per heavy atom. The molecule has 1 amide bonds. The van der Waals surface area contributed by atoms with E-state index < -0.39 is 17.7 Å². The Balaban J connectivity index is 2.72. The van der Waals surface area contributed by atoms with Gasteiger partial charge in [0.1, 0.15) is 6.17 Å². The van der Waals surface area contributed by atoms with Gasteiger partial charge in [-0.15, -0.1) is 0 Å². The van der Waals surface area contributed by atoms with Gasteiger partial charge in [-0.25, -0.2) is 14.6 Å². The second kappa shape index (κ2) is 2.73. The number of alkyl halides is 2. The summed E-state index contributed by atoms with van der Waals surface area (Å²) in [5.41, 5.74) is -0.756. The van der Waals surface area contributed by atoms with Crippen LogP contribution in [0, 0.1) is 0 Å². The minimum Gasteiger partial charge on any atom is -0.291 e. The van der Waals surface area contributed by atoms with Crippen LogP contribution in [0.4, 0.5) is 8.78 Å². The molecule has 64 valence electrons. The van der Waals surface area contributed by atoms with E-state index in [1.54, 1.807) is 5.43 Å². The molecule has 0 spiro atoms. The second-order valence-corrected chi connectivity index (χ2v) is 2.70.